The van der Waals surface area contributed by atoms with E-state index in [4.69, 9.17) is 9.72 Å². The summed E-state index contributed by atoms with van der Waals surface area (Å²) in [5.74, 6) is 0.0729. The highest BCUT2D eigenvalue weighted by atomic mass is 19.1. The highest BCUT2D eigenvalue weighted by molar-refractivity contribution is 5.83. The number of hydrogen-bond acceptors (Lipinski definition) is 6. The van der Waals surface area contributed by atoms with Crippen molar-refractivity contribution in [3.63, 3.8) is 0 Å². The molecule has 5 rings (SSSR count). The maximum absolute atomic E-state index is 14.6. The molecule has 0 aliphatic carbocycles. The van der Waals surface area contributed by atoms with Gasteiger partial charge in [-0.05, 0) is 80.6 Å². The third-order valence-electron chi connectivity index (χ3n) is 6.63. The number of nitrogens with zero attached hydrogens (tertiary/aromatic N) is 4. The number of halogens is 1. The van der Waals surface area contributed by atoms with Gasteiger partial charge in [0.1, 0.15) is 5.82 Å². The summed E-state index contributed by atoms with van der Waals surface area (Å²) in [5, 5.41) is 13.4. The Kier molecular flexibility index (Phi) is 6.49. The quantitative estimate of drug-likeness (QED) is 0.439. The Morgan fingerprint density at radius 3 is 2.75 bits per heavy atom. The van der Waals surface area contributed by atoms with Crippen LogP contribution in [0.25, 0.3) is 16.6 Å². The van der Waals surface area contributed by atoms with E-state index in [1.54, 1.807) is 18.2 Å². The Balaban J connectivity index is 1.70. The summed E-state index contributed by atoms with van der Waals surface area (Å²) in [5.41, 5.74) is 3.84. The average Bonchev–Trinajstić information content (AvgIpc) is 3.43. The largest absolute Gasteiger partial charge is 0.494 e. The first-order valence-corrected chi connectivity index (χ1v) is 12.0. The second-order valence-corrected chi connectivity index (χ2v) is 9.03. The molecule has 0 saturated carbocycles. The molecule has 1 aliphatic heterocycles. The second kappa shape index (κ2) is 9.88. The van der Waals surface area contributed by atoms with E-state index < -0.39 is 5.82 Å². The predicted molar refractivity (Wildman–Crippen MR) is 135 cm³/mol. The number of methoxy groups -OCH3 is 1. The van der Waals surface area contributed by atoms with Crippen molar-refractivity contribution < 1.29 is 9.13 Å². The molecule has 3 heterocycles. The van der Waals surface area contributed by atoms with Gasteiger partial charge in [-0.3, -0.25) is 14.3 Å². The van der Waals surface area contributed by atoms with Crippen molar-refractivity contribution in [2.24, 2.45) is 0 Å². The molecule has 1 fully saturated rings. The number of nitrogens with one attached hydrogen (secondary N) is 1. The van der Waals surface area contributed by atoms with E-state index in [-0.39, 0.29) is 17.4 Å². The van der Waals surface area contributed by atoms with Gasteiger partial charge in [0, 0.05) is 18.0 Å². The third kappa shape index (κ3) is 4.45. The molecular formula is C28H26FN5O2. The van der Waals surface area contributed by atoms with Gasteiger partial charge < -0.3 is 10.1 Å². The average molecular weight is 484 g/mol. The summed E-state index contributed by atoms with van der Waals surface area (Å²) in [6.45, 7) is 2.76. The van der Waals surface area contributed by atoms with E-state index in [0.29, 0.717) is 40.8 Å². The first kappa shape index (κ1) is 23.6. The number of aryl methyl sites for hydroxylation is 3. The number of nitriles is 1. The van der Waals surface area contributed by atoms with Crippen LogP contribution in [0.1, 0.15) is 47.1 Å². The summed E-state index contributed by atoms with van der Waals surface area (Å²) in [4.78, 5) is 23.3. The van der Waals surface area contributed by atoms with Crippen molar-refractivity contribution in [3.05, 3.63) is 93.0 Å². The van der Waals surface area contributed by atoms with Gasteiger partial charge in [0.15, 0.2) is 11.6 Å². The maximum Gasteiger partial charge on any atom is 0.266 e. The van der Waals surface area contributed by atoms with E-state index in [2.05, 4.69) is 16.4 Å². The molecule has 0 spiro atoms. The van der Waals surface area contributed by atoms with Crippen molar-refractivity contribution in [2.45, 2.75) is 38.6 Å². The lowest BCUT2D eigenvalue weighted by Gasteiger charge is -2.20. The normalized spacial score (nSPS) is 15.2. The van der Waals surface area contributed by atoms with Crippen molar-refractivity contribution in [1.29, 1.82) is 5.26 Å². The van der Waals surface area contributed by atoms with Crippen molar-refractivity contribution in [3.8, 4) is 17.5 Å². The van der Waals surface area contributed by atoms with Crippen LogP contribution in [-0.4, -0.2) is 28.2 Å². The topological polar surface area (TPSA) is 92.8 Å². The number of pyridine rings is 1. The summed E-state index contributed by atoms with van der Waals surface area (Å²) in [6, 6.07) is 13.8. The molecular weight excluding hydrogens is 457 g/mol. The minimum atomic E-state index is -0.564. The zero-order chi connectivity index (χ0) is 25.2. The van der Waals surface area contributed by atoms with Crippen LogP contribution in [0, 0.1) is 24.1 Å². The molecule has 0 radical (unpaired) electrons. The molecule has 1 saturated heterocycles. The molecule has 182 valence electrons. The number of ether oxygens (including phenoxy) is 1. The van der Waals surface area contributed by atoms with Crippen LogP contribution < -0.4 is 15.6 Å². The summed E-state index contributed by atoms with van der Waals surface area (Å²) < 4.78 is 21.1. The first-order chi connectivity index (χ1) is 17.5. The Morgan fingerprint density at radius 2 is 2.08 bits per heavy atom. The fourth-order valence-electron chi connectivity index (χ4n) is 4.74. The minimum Gasteiger partial charge on any atom is -0.494 e. The lowest BCUT2D eigenvalue weighted by atomic mass is 9.99. The zero-order valence-corrected chi connectivity index (χ0v) is 20.2. The van der Waals surface area contributed by atoms with Crippen molar-refractivity contribution >= 4 is 10.9 Å². The number of benzene rings is 2. The smallest absolute Gasteiger partial charge is 0.266 e. The third-order valence-corrected chi connectivity index (χ3v) is 6.63. The highest BCUT2D eigenvalue weighted by Crippen LogP contribution is 2.28. The van der Waals surface area contributed by atoms with E-state index >= 15 is 0 Å². The number of aromatic nitrogens is 3. The van der Waals surface area contributed by atoms with Crippen LogP contribution >= 0.6 is 0 Å². The van der Waals surface area contributed by atoms with Crippen LogP contribution in [0.2, 0.25) is 0 Å². The lowest BCUT2D eigenvalue weighted by molar-refractivity contribution is 0.386. The summed E-state index contributed by atoms with van der Waals surface area (Å²) in [6.07, 6.45) is 4.91. The standard InChI is InChI=1S/C28H26FN5O2/c1-17-5-6-18(16-32-17)7-8-20-12-19(15-30)13-22-26(20)33-27(24-4-3-11-31-24)34(28(22)35)21-9-10-25(36-2)23(29)14-21/h5-6,9-10,12-14,16,24,31H,3-4,7-8,11H2,1-2H3. The van der Waals surface area contributed by atoms with Crippen LogP contribution in [0.3, 0.4) is 0 Å². The maximum atomic E-state index is 14.6. The van der Waals surface area contributed by atoms with Crippen LogP contribution in [0.5, 0.6) is 5.75 Å². The van der Waals surface area contributed by atoms with E-state index in [0.717, 1.165) is 36.2 Å². The summed E-state index contributed by atoms with van der Waals surface area (Å²) >= 11 is 0. The molecule has 1 aliphatic rings. The zero-order valence-electron chi connectivity index (χ0n) is 20.2. The molecule has 2 aromatic carbocycles. The molecule has 1 atom stereocenters. The molecule has 0 bridgehead atoms. The van der Waals surface area contributed by atoms with Gasteiger partial charge in [-0.1, -0.05) is 6.07 Å². The van der Waals surface area contributed by atoms with Gasteiger partial charge >= 0.3 is 0 Å². The molecule has 1 N–H and O–H groups in total. The lowest BCUT2D eigenvalue weighted by Crippen LogP contribution is -2.29. The van der Waals surface area contributed by atoms with Crippen LogP contribution in [-0.2, 0) is 12.8 Å². The highest BCUT2D eigenvalue weighted by Gasteiger charge is 2.25. The summed E-state index contributed by atoms with van der Waals surface area (Å²) in [7, 11) is 1.40. The minimum absolute atomic E-state index is 0.0979. The molecule has 1 unspecified atom stereocenters. The van der Waals surface area contributed by atoms with E-state index in [1.165, 1.54) is 23.8 Å². The van der Waals surface area contributed by atoms with Crippen LogP contribution in [0.15, 0.2) is 53.5 Å². The number of hydrogen-bond donors (Lipinski definition) is 1. The van der Waals surface area contributed by atoms with Crippen LogP contribution in [0.4, 0.5) is 4.39 Å². The molecule has 2 aromatic heterocycles. The Bertz CT molecular complexity index is 1530. The second-order valence-electron chi connectivity index (χ2n) is 9.03. The molecule has 8 heteroatoms. The monoisotopic (exact) mass is 483 g/mol. The van der Waals surface area contributed by atoms with Crippen molar-refractivity contribution in [2.75, 3.05) is 13.7 Å². The van der Waals surface area contributed by atoms with Gasteiger partial charge in [0.25, 0.3) is 5.56 Å². The molecule has 4 aromatic rings. The SMILES string of the molecule is COc1ccc(-n2c(C3CCCN3)nc3c(CCc4ccc(C)nc4)cc(C#N)cc3c2=O)cc1F. The van der Waals surface area contributed by atoms with Gasteiger partial charge in [-0.15, -0.1) is 0 Å². The van der Waals surface area contributed by atoms with Gasteiger partial charge in [0.2, 0.25) is 0 Å². The Labute approximate surface area is 208 Å². The fourth-order valence-corrected chi connectivity index (χ4v) is 4.74. The van der Waals surface area contributed by atoms with Crippen molar-refractivity contribution in [1.82, 2.24) is 19.9 Å². The predicted octanol–water partition coefficient (Wildman–Crippen LogP) is 4.32. The van der Waals surface area contributed by atoms with E-state index in [9.17, 15) is 14.4 Å². The number of fused-ring (bicyclic) bond motifs is 1. The Morgan fingerprint density at radius 1 is 1.22 bits per heavy atom. The first-order valence-electron chi connectivity index (χ1n) is 12.0. The van der Waals surface area contributed by atoms with E-state index in [1.807, 2.05) is 25.3 Å². The van der Waals surface area contributed by atoms with Gasteiger partial charge in [0.05, 0.1) is 41.4 Å². The molecule has 0 amide bonds. The molecule has 36 heavy (non-hydrogen) atoms. The van der Waals surface area contributed by atoms with Gasteiger partial charge in [-0.2, -0.15) is 5.26 Å². The van der Waals surface area contributed by atoms with Gasteiger partial charge in [-0.25, -0.2) is 9.37 Å². The number of rotatable bonds is 6. The molecule has 7 nitrogen and oxygen atoms in total. The Hall–Kier alpha value is -4.09. The fraction of sp³-hybridized carbons (Fsp3) is 0.286.